The largest absolute Gasteiger partial charge is 0.459 e. The van der Waals surface area contributed by atoms with Gasteiger partial charge in [0.2, 0.25) is 5.91 Å². The molecule has 0 heterocycles. The SMILES string of the molecule is Cc1ccc(S(=O)(=O)N(CC(=O)N(CC(=O)OC(C)(C)C)C[C@@H](C)O[Si](c2ccccc2)(c2ccccc2)C(C)(C)C)c2ccc(Cl)c(Cl)c2)cc1. The molecule has 0 saturated heterocycles. The van der Waals surface area contributed by atoms with Crippen molar-refractivity contribution in [2.75, 3.05) is 23.9 Å². The molecule has 1 amide bonds. The standard InChI is InChI=1S/C40H48Cl2N2O6SSi/c1-29-19-22-32(23-20-29)51(47,48)44(31-21-24-35(41)36(42)25-31)27-37(45)43(28-38(46)49-39(3,4)5)26-30(2)50-52(40(6,7)8,33-15-11-9-12-16-33)34-17-13-10-14-18-34/h9-25,30H,26-28H2,1-8H3/t30-/m1/s1. The first-order valence-electron chi connectivity index (χ1n) is 17.1. The van der Waals surface area contributed by atoms with E-state index in [2.05, 4.69) is 45.0 Å². The number of rotatable bonds is 13. The molecule has 0 fully saturated rings. The fourth-order valence-electron chi connectivity index (χ4n) is 6.14. The first-order valence-corrected chi connectivity index (χ1v) is 21.2. The van der Waals surface area contributed by atoms with Crippen LogP contribution in [0.25, 0.3) is 0 Å². The maximum Gasteiger partial charge on any atom is 0.326 e. The topological polar surface area (TPSA) is 93.2 Å². The normalized spacial score (nSPS) is 13.0. The quantitative estimate of drug-likeness (QED) is 0.102. The van der Waals surface area contributed by atoms with Gasteiger partial charge in [0, 0.05) is 6.54 Å². The maximum absolute atomic E-state index is 14.5. The minimum Gasteiger partial charge on any atom is -0.459 e. The highest BCUT2D eigenvalue weighted by Gasteiger charge is 2.51. The molecule has 4 rings (SSSR count). The van der Waals surface area contributed by atoms with Crippen molar-refractivity contribution in [2.24, 2.45) is 0 Å². The van der Waals surface area contributed by atoms with Gasteiger partial charge in [0.1, 0.15) is 18.7 Å². The van der Waals surface area contributed by atoms with Crippen LogP contribution in [0.1, 0.15) is 54.0 Å². The summed E-state index contributed by atoms with van der Waals surface area (Å²) in [5.74, 6) is -1.27. The lowest BCUT2D eigenvalue weighted by Crippen LogP contribution is -2.68. The van der Waals surface area contributed by atoms with Gasteiger partial charge in [0.15, 0.2) is 0 Å². The van der Waals surface area contributed by atoms with Crippen molar-refractivity contribution in [3.63, 3.8) is 0 Å². The molecule has 0 aliphatic rings. The van der Waals surface area contributed by atoms with Crippen molar-refractivity contribution < 1.29 is 27.2 Å². The number of ether oxygens (including phenoxy) is 1. The van der Waals surface area contributed by atoms with Crippen molar-refractivity contribution in [2.45, 2.75) is 77.0 Å². The third kappa shape index (κ3) is 9.84. The van der Waals surface area contributed by atoms with Gasteiger partial charge < -0.3 is 14.1 Å². The Morgan fingerprint density at radius 2 is 1.31 bits per heavy atom. The number of esters is 1. The molecule has 0 unspecified atom stereocenters. The first-order chi connectivity index (χ1) is 24.2. The molecular formula is C40H48Cl2N2O6SSi. The van der Waals surface area contributed by atoms with Crippen LogP contribution in [0, 0.1) is 6.92 Å². The Kier molecular flexibility index (Phi) is 13.1. The van der Waals surface area contributed by atoms with E-state index in [1.807, 2.05) is 50.2 Å². The van der Waals surface area contributed by atoms with Crippen molar-refractivity contribution in [1.29, 1.82) is 0 Å². The lowest BCUT2D eigenvalue weighted by Gasteiger charge is -2.45. The van der Waals surface area contributed by atoms with E-state index in [0.717, 1.165) is 20.2 Å². The van der Waals surface area contributed by atoms with E-state index in [4.69, 9.17) is 32.4 Å². The summed E-state index contributed by atoms with van der Waals surface area (Å²) in [7, 11) is -7.35. The Hall–Kier alpha value is -3.67. The molecule has 0 N–H and O–H groups in total. The van der Waals surface area contributed by atoms with E-state index < -0.39 is 55.0 Å². The fourth-order valence-corrected chi connectivity index (χ4v) is 12.5. The monoisotopic (exact) mass is 782 g/mol. The number of halogens is 2. The number of benzene rings is 4. The number of carbonyl (C=O) groups is 2. The molecule has 278 valence electrons. The van der Waals surface area contributed by atoms with E-state index >= 15 is 0 Å². The highest BCUT2D eigenvalue weighted by Crippen LogP contribution is 2.38. The van der Waals surface area contributed by atoms with Crippen LogP contribution in [0.15, 0.2) is 108 Å². The van der Waals surface area contributed by atoms with Crippen LogP contribution in [0.2, 0.25) is 15.1 Å². The molecule has 0 spiro atoms. The maximum atomic E-state index is 14.5. The van der Waals surface area contributed by atoms with E-state index in [0.29, 0.717) is 0 Å². The molecule has 0 saturated carbocycles. The van der Waals surface area contributed by atoms with Gasteiger partial charge in [0.05, 0.1) is 26.7 Å². The Labute approximate surface area is 319 Å². The van der Waals surface area contributed by atoms with E-state index in [1.54, 1.807) is 32.9 Å². The summed E-state index contributed by atoms with van der Waals surface area (Å²) in [6.45, 7) is 14.3. The Morgan fingerprint density at radius 1 is 0.769 bits per heavy atom. The van der Waals surface area contributed by atoms with Crippen molar-refractivity contribution in [3.8, 4) is 0 Å². The second-order valence-electron chi connectivity index (χ2n) is 14.9. The number of hydrogen-bond donors (Lipinski definition) is 0. The molecule has 12 heteroatoms. The van der Waals surface area contributed by atoms with Crippen LogP contribution in [0.3, 0.4) is 0 Å². The van der Waals surface area contributed by atoms with Gasteiger partial charge in [-0.05, 0) is 80.4 Å². The minimum absolute atomic E-state index is 0.0148. The van der Waals surface area contributed by atoms with Gasteiger partial charge in [-0.25, -0.2) is 8.42 Å². The molecule has 0 aromatic heterocycles. The number of anilines is 1. The lowest BCUT2D eigenvalue weighted by atomic mass is 10.2. The van der Waals surface area contributed by atoms with E-state index in [9.17, 15) is 18.0 Å². The average Bonchev–Trinajstić information content (AvgIpc) is 3.06. The zero-order valence-corrected chi connectivity index (χ0v) is 34.4. The summed E-state index contributed by atoms with van der Waals surface area (Å²) >= 11 is 12.5. The average molecular weight is 784 g/mol. The smallest absolute Gasteiger partial charge is 0.326 e. The Balaban J connectivity index is 1.77. The number of amides is 1. The van der Waals surface area contributed by atoms with Crippen molar-refractivity contribution in [3.05, 3.63) is 119 Å². The number of nitrogens with zero attached hydrogens (tertiary/aromatic N) is 2. The summed E-state index contributed by atoms with van der Waals surface area (Å²) in [5, 5.41) is 2.11. The van der Waals surface area contributed by atoms with Gasteiger partial charge in [-0.3, -0.25) is 13.9 Å². The van der Waals surface area contributed by atoms with Gasteiger partial charge in [0.25, 0.3) is 18.3 Å². The second-order valence-corrected chi connectivity index (χ2v) is 21.8. The number of carbonyl (C=O) groups excluding carboxylic acids is 2. The molecule has 1 atom stereocenters. The first kappa shape index (κ1) is 41.1. The van der Waals surface area contributed by atoms with Crippen molar-refractivity contribution in [1.82, 2.24) is 4.90 Å². The zero-order valence-electron chi connectivity index (χ0n) is 31.0. The molecule has 0 aliphatic carbocycles. The lowest BCUT2D eigenvalue weighted by molar-refractivity contribution is -0.159. The summed E-state index contributed by atoms with van der Waals surface area (Å²) in [5.41, 5.74) is 0.190. The molecule has 52 heavy (non-hydrogen) atoms. The highest BCUT2D eigenvalue weighted by atomic mass is 35.5. The third-order valence-electron chi connectivity index (χ3n) is 8.44. The zero-order chi connectivity index (χ0) is 38.5. The summed E-state index contributed by atoms with van der Waals surface area (Å²) in [6.07, 6.45) is -0.593. The van der Waals surface area contributed by atoms with Crippen LogP contribution in [-0.2, 0) is 28.8 Å². The fraction of sp³-hybridized carbons (Fsp3) is 0.350. The van der Waals surface area contributed by atoms with Crippen LogP contribution in [0.4, 0.5) is 5.69 Å². The second kappa shape index (κ2) is 16.6. The number of aryl methyl sites for hydroxylation is 1. The number of hydrogen-bond acceptors (Lipinski definition) is 6. The molecular weight excluding hydrogens is 736 g/mol. The Bertz CT molecular complexity index is 1910. The molecule has 0 radical (unpaired) electrons. The molecule has 0 aliphatic heterocycles. The molecule has 4 aromatic rings. The van der Waals surface area contributed by atoms with Crippen LogP contribution >= 0.6 is 23.2 Å². The molecule has 8 nitrogen and oxygen atoms in total. The molecule has 0 bridgehead atoms. The Morgan fingerprint density at radius 3 is 1.79 bits per heavy atom. The predicted molar refractivity (Wildman–Crippen MR) is 213 cm³/mol. The van der Waals surface area contributed by atoms with Gasteiger partial charge in [-0.15, -0.1) is 0 Å². The number of sulfonamides is 1. The van der Waals surface area contributed by atoms with E-state index in [1.165, 1.54) is 35.2 Å². The van der Waals surface area contributed by atoms with Crippen molar-refractivity contribution >= 4 is 69.5 Å². The third-order valence-corrected chi connectivity index (χ3v) is 16.1. The highest BCUT2D eigenvalue weighted by molar-refractivity contribution is 7.92. The summed E-state index contributed by atoms with van der Waals surface area (Å²) in [6, 6.07) is 30.9. The van der Waals surface area contributed by atoms with Crippen LogP contribution in [-0.4, -0.2) is 64.9 Å². The van der Waals surface area contributed by atoms with Crippen LogP contribution in [0.5, 0.6) is 0 Å². The summed E-state index contributed by atoms with van der Waals surface area (Å²) < 4.78 is 42.3. The van der Waals surface area contributed by atoms with Crippen LogP contribution < -0.4 is 14.7 Å². The van der Waals surface area contributed by atoms with Gasteiger partial charge >= 0.3 is 5.97 Å². The van der Waals surface area contributed by atoms with E-state index in [-0.39, 0.29) is 32.2 Å². The predicted octanol–water partition coefficient (Wildman–Crippen LogP) is 7.63. The minimum atomic E-state index is -4.29. The molecule has 4 aromatic carbocycles. The van der Waals surface area contributed by atoms with Gasteiger partial charge in [-0.1, -0.05) is 122 Å². The summed E-state index contributed by atoms with van der Waals surface area (Å²) in [4.78, 5) is 29.1. The van der Waals surface area contributed by atoms with Gasteiger partial charge in [-0.2, -0.15) is 0 Å².